The summed E-state index contributed by atoms with van der Waals surface area (Å²) in [6.07, 6.45) is 5.65. The average molecular weight is 350 g/mol. The van der Waals surface area contributed by atoms with E-state index in [4.69, 9.17) is 5.73 Å². The molecule has 2 saturated carbocycles. The number of hydrogen-bond acceptors (Lipinski definition) is 6. The minimum absolute atomic E-state index is 0.109. The molecule has 0 radical (unpaired) electrons. The van der Waals surface area contributed by atoms with Gasteiger partial charge in [0.15, 0.2) is 0 Å². The fourth-order valence-corrected chi connectivity index (χ4v) is 4.74. The van der Waals surface area contributed by atoms with Gasteiger partial charge in [-0.1, -0.05) is 6.07 Å². The highest BCUT2D eigenvalue weighted by Gasteiger charge is 2.41. The number of hydrogen-bond donors (Lipinski definition) is 4. The Bertz CT molecular complexity index is 927. The summed E-state index contributed by atoms with van der Waals surface area (Å²) in [5.41, 5.74) is 8.74. The number of nitrogens with zero attached hydrogens (tertiary/aromatic N) is 3. The highest BCUT2D eigenvalue weighted by atomic mass is 16.3. The van der Waals surface area contributed by atoms with E-state index in [1.54, 1.807) is 6.20 Å². The van der Waals surface area contributed by atoms with Gasteiger partial charge in [-0.3, -0.25) is 5.10 Å². The smallest absolute Gasteiger partial charge is 0.222 e. The number of aromatic nitrogens is 4. The van der Waals surface area contributed by atoms with Gasteiger partial charge in [-0.2, -0.15) is 10.1 Å². The minimum Gasteiger partial charge on any atom is -0.393 e. The lowest BCUT2D eigenvalue weighted by atomic mass is 10.0. The monoisotopic (exact) mass is 350 g/mol. The lowest BCUT2D eigenvalue weighted by Gasteiger charge is -2.17. The molecule has 0 spiro atoms. The van der Waals surface area contributed by atoms with Crippen molar-refractivity contribution in [2.75, 3.05) is 11.1 Å². The Morgan fingerprint density at radius 1 is 1.08 bits per heavy atom. The molecular weight excluding hydrogens is 328 g/mol. The molecule has 7 nitrogen and oxygen atoms in total. The first-order valence-corrected chi connectivity index (χ1v) is 9.17. The van der Waals surface area contributed by atoms with Crippen molar-refractivity contribution in [3.05, 3.63) is 30.5 Å². The molecule has 0 aliphatic heterocycles. The van der Waals surface area contributed by atoms with Gasteiger partial charge >= 0.3 is 0 Å². The summed E-state index contributed by atoms with van der Waals surface area (Å²) in [4.78, 5) is 8.86. The molecule has 2 aliphatic rings. The highest BCUT2D eigenvalue weighted by molar-refractivity contribution is 5.92. The first-order valence-electron chi connectivity index (χ1n) is 9.17. The van der Waals surface area contributed by atoms with Crippen LogP contribution in [0.4, 0.5) is 11.8 Å². The molecule has 5 N–H and O–H groups in total. The van der Waals surface area contributed by atoms with Gasteiger partial charge in [-0.25, -0.2) is 4.98 Å². The number of anilines is 2. The van der Waals surface area contributed by atoms with Crippen LogP contribution in [-0.4, -0.2) is 37.4 Å². The van der Waals surface area contributed by atoms with Crippen molar-refractivity contribution in [2.45, 2.75) is 37.8 Å². The molecule has 134 valence electrons. The molecule has 0 amide bonds. The topological polar surface area (TPSA) is 113 Å². The van der Waals surface area contributed by atoms with Crippen LogP contribution < -0.4 is 11.1 Å². The summed E-state index contributed by atoms with van der Waals surface area (Å²) in [6.45, 7) is 0. The van der Waals surface area contributed by atoms with E-state index in [0.29, 0.717) is 17.9 Å². The summed E-state index contributed by atoms with van der Waals surface area (Å²) >= 11 is 0. The molecule has 0 bridgehead atoms. The van der Waals surface area contributed by atoms with Gasteiger partial charge in [0.05, 0.1) is 17.3 Å². The quantitative estimate of drug-likeness (QED) is 0.577. The number of nitrogen functional groups attached to an aromatic ring is 1. The number of rotatable bonds is 3. The van der Waals surface area contributed by atoms with E-state index in [1.165, 1.54) is 0 Å². The lowest BCUT2D eigenvalue weighted by Crippen LogP contribution is -2.19. The van der Waals surface area contributed by atoms with E-state index in [9.17, 15) is 5.11 Å². The Balaban J connectivity index is 1.44. The second kappa shape index (κ2) is 5.95. The summed E-state index contributed by atoms with van der Waals surface area (Å²) in [7, 11) is 0. The number of nitrogens with two attached hydrogens (primary N) is 1. The largest absolute Gasteiger partial charge is 0.393 e. The van der Waals surface area contributed by atoms with Gasteiger partial charge in [0.1, 0.15) is 5.82 Å². The summed E-state index contributed by atoms with van der Waals surface area (Å²) in [6, 6.07) is 8.39. The van der Waals surface area contributed by atoms with Crippen LogP contribution in [0, 0.1) is 11.8 Å². The van der Waals surface area contributed by atoms with Crippen molar-refractivity contribution in [3.63, 3.8) is 0 Å². The minimum atomic E-state index is -0.109. The maximum absolute atomic E-state index is 9.83. The van der Waals surface area contributed by atoms with Crippen LogP contribution in [0.2, 0.25) is 0 Å². The Hall–Kier alpha value is -2.67. The molecule has 0 saturated heterocycles. The summed E-state index contributed by atoms with van der Waals surface area (Å²) in [5, 5.41) is 21.4. The molecule has 2 aliphatic carbocycles. The fourth-order valence-electron chi connectivity index (χ4n) is 4.74. The van der Waals surface area contributed by atoms with Gasteiger partial charge in [-0.15, -0.1) is 0 Å². The molecule has 3 aromatic rings. The number of fused-ring (bicyclic) bond motifs is 2. The van der Waals surface area contributed by atoms with Crippen molar-refractivity contribution < 1.29 is 5.11 Å². The Morgan fingerprint density at radius 3 is 2.62 bits per heavy atom. The van der Waals surface area contributed by atoms with E-state index >= 15 is 0 Å². The van der Waals surface area contributed by atoms with E-state index < -0.39 is 0 Å². The molecule has 2 heterocycles. The van der Waals surface area contributed by atoms with Crippen LogP contribution in [0.1, 0.15) is 25.7 Å². The van der Waals surface area contributed by atoms with Crippen LogP contribution in [0.15, 0.2) is 30.5 Å². The van der Waals surface area contributed by atoms with Crippen molar-refractivity contribution in [1.82, 2.24) is 20.2 Å². The van der Waals surface area contributed by atoms with E-state index in [2.05, 4.69) is 25.5 Å². The number of aliphatic hydroxyl groups excluding tert-OH is 1. The van der Waals surface area contributed by atoms with Crippen LogP contribution in [-0.2, 0) is 0 Å². The standard InChI is InChI=1S/C19H22N6O/c20-19-23-17-9-10(16-3-4-21-25-16)1-2-15(17)18(24-19)22-13-5-11-7-14(26)8-12(11)6-13/h1-4,9,11-14,26H,5-8H2,(H,21,25)(H3,20,22,23,24)/t11-,12+,13+,14-. The molecule has 2 fully saturated rings. The van der Waals surface area contributed by atoms with Gasteiger partial charge < -0.3 is 16.2 Å². The first kappa shape index (κ1) is 15.6. The van der Waals surface area contributed by atoms with Crippen LogP contribution in [0.3, 0.4) is 0 Å². The van der Waals surface area contributed by atoms with Crippen molar-refractivity contribution >= 4 is 22.7 Å². The number of aromatic amines is 1. The van der Waals surface area contributed by atoms with Gasteiger partial charge in [0.25, 0.3) is 0 Å². The maximum atomic E-state index is 9.83. The Morgan fingerprint density at radius 2 is 1.88 bits per heavy atom. The summed E-state index contributed by atoms with van der Waals surface area (Å²) in [5.74, 6) is 2.32. The molecule has 7 heteroatoms. The molecule has 1 aromatic carbocycles. The SMILES string of the molecule is Nc1nc(N[C@@H]2C[C@H]3C[C@H](O)C[C@H]3C2)c2ccc(-c3ccn[nH]3)cc2n1. The van der Waals surface area contributed by atoms with Gasteiger partial charge in [0, 0.05) is 23.2 Å². The summed E-state index contributed by atoms with van der Waals surface area (Å²) < 4.78 is 0. The average Bonchev–Trinajstić information content (AvgIpc) is 3.30. The predicted molar refractivity (Wildman–Crippen MR) is 100 cm³/mol. The number of aliphatic hydroxyl groups is 1. The van der Waals surface area contributed by atoms with Gasteiger partial charge in [-0.05, 0) is 55.7 Å². The third-order valence-electron chi connectivity index (χ3n) is 5.86. The van der Waals surface area contributed by atoms with Crippen LogP contribution >= 0.6 is 0 Å². The molecule has 5 rings (SSSR count). The predicted octanol–water partition coefficient (Wildman–Crippen LogP) is 2.56. The zero-order chi connectivity index (χ0) is 17.7. The molecule has 0 unspecified atom stereocenters. The number of nitrogens with one attached hydrogen (secondary N) is 2. The third kappa shape index (κ3) is 2.68. The highest BCUT2D eigenvalue weighted by Crippen LogP contribution is 2.45. The Labute approximate surface area is 151 Å². The molecule has 4 atom stereocenters. The third-order valence-corrected chi connectivity index (χ3v) is 5.86. The normalized spacial score (nSPS) is 27.7. The number of benzene rings is 1. The van der Waals surface area contributed by atoms with E-state index in [-0.39, 0.29) is 12.1 Å². The lowest BCUT2D eigenvalue weighted by molar-refractivity contribution is 0.171. The van der Waals surface area contributed by atoms with Crippen LogP contribution in [0.5, 0.6) is 0 Å². The van der Waals surface area contributed by atoms with E-state index in [1.807, 2.05) is 24.3 Å². The molecular formula is C19H22N6O. The second-order valence-corrected chi connectivity index (χ2v) is 7.59. The molecule has 2 aromatic heterocycles. The Kier molecular flexibility index (Phi) is 3.56. The molecule has 26 heavy (non-hydrogen) atoms. The first-order chi connectivity index (χ1) is 12.7. The van der Waals surface area contributed by atoms with Gasteiger partial charge in [0.2, 0.25) is 5.95 Å². The van der Waals surface area contributed by atoms with Crippen molar-refractivity contribution in [2.24, 2.45) is 11.8 Å². The van der Waals surface area contributed by atoms with Crippen molar-refractivity contribution in [3.8, 4) is 11.3 Å². The van der Waals surface area contributed by atoms with Crippen LogP contribution in [0.25, 0.3) is 22.2 Å². The van der Waals surface area contributed by atoms with Crippen molar-refractivity contribution in [1.29, 1.82) is 0 Å². The van der Waals surface area contributed by atoms with E-state index in [0.717, 1.165) is 53.7 Å². The maximum Gasteiger partial charge on any atom is 0.222 e. The fraction of sp³-hybridized carbons (Fsp3) is 0.421. The second-order valence-electron chi connectivity index (χ2n) is 7.59. The zero-order valence-corrected chi connectivity index (χ0v) is 14.4. The zero-order valence-electron chi connectivity index (χ0n) is 14.4. The number of H-pyrrole nitrogens is 1.